The number of hydrogen-bond acceptors (Lipinski definition) is 2. The fourth-order valence-electron chi connectivity index (χ4n) is 9.22. The van der Waals surface area contributed by atoms with Crippen molar-refractivity contribution in [1.82, 2.24) is 0 Å². The third-order valence-electron chi connectivity index (χ3n) is 10.8. The van der Waals surface area contributed by atoms with Crippen molar-refractivity contribution in [1.29, 1.82) is 0 Å². The van der Waals surface area contributed by atoms with Crippen LogP contribution in [0.4, 0.5) is 0 Å². The minimum atomic E-state index is -0.644. The van der Waals surface area contributed by atoms with E-state index >= 15 is 0 Å². The maximum absolute atomic E-state index is 11.1. The summed E-state index contributed by atoms with van der Waals surface area (Å²) in [6, 6.07) is 0. The van der Waals surface area contributed by atoms with E-state index in [1.807, 2.05) is 0 Å². The number of carboxylic acid groups (broad SMARTS) is 1. The van der Waals surface area contributed by atoms with Gasteiger partial charge in [-0.3, -0.25) is 4.79 Å². The summed E-state index contributed by atoms with van der Waals surface area (Å²) in [6.45, 7) is 9.87. The molecular weight excluding hydrogens is 348 g/mol. The van der Waals surface area contributed by atoms with Gasteiger partial charge in [-0.15, -0.1) is 0 Å². The SMILES string of the molecule is CC1C[C@@H](O)CC2CC[C@@H]3[C@H](CC[C@]4(C)[C@@H]([C@H](C)CCC(=O)O)CC[C@@H]34)[C@@]12C. The Morgan fingerprint density at radius 2 is 1.82 bits per heavy atom. The number of carbonyl (C=O) groups is 1. The van der Waals surface area contributed by atoms with Crippen molar-refractivity contribution in [3.63, 3.8) is 0 Å². The predicted molar refractivity (Wildman–Crippen MR) is 112 cm³/mol. The van der Waals surface area contributed by atoms with Crippen LogP contribution in [0.3, 0.4) is 0 Å². The fraction of sp³-hybridized carbons (Fsp3) is 0.960. The zero-order valence-electron chi connectivity index (χ0n) is 18.5. The second-order valence-electron chi connectivity index (χ2n) is 11.7. The first-order valence-electron chi connectivity index (χ1n) is 12.1. The van der Waals surface area contributed by atoms with Crippen LogP contribution in [-0.2, 0) is 4.79 Å². The number of hydrogen-bond donors (Lipinski definition) is 2. The molecule has 10 atom stereocenters. The maximum atomic E-state index is 11.1. The summed E-state index contributed by atoms with van der Waals surface area (Å²) in [5, 5.41) is 19.5. The molecule has 0 amide bonds. The van der Waals surface area contributed by atoms with E-state index in [0.717, 1.165) is 37.0 Å². The molecule has 4 aliphatic rings. The van der Waals surface area contributed by atoms with Gasteiger partial charge in [-0.25, -0.2) is 0 Å². The maximum Gasteiger partial charge on any atom is 0.303 e. The summed E-state index contributed by atoms with van der Waals surface area (Å²) < 4.78 is 0. The highest BCUT2D eigenvalue weighted by atomic mass is 16.4. The van der Waals surface area contributed by atoms with Gasteiger partial charge in [0.2, 0.25) is 0 Å². The van der Waals surface area contributed by atoms with Gasteiger partial charge < -0.3 is 10.2 Å². The number of aliphatic hydroxyl groups is 1. The molecule has 0 saturated heterocycles. The topological polar surface area (TPSA) is 57.5 Å². The van der Waals surface area contributed by atoms with Crippen molar-refractivity contribution in [2.75, 3.05) is 0 Å². The quantitative estimate of drug-likeness (QED) is 0.642. The molecule has 0 aromatic heterocycles. The number of aliphatic hydroxyl groups excluding tert-OH is 1. The van der Waals surface area contributed by atoms with E-state index in [2.05, 4.69) is 27.7 Å². The molecule has 0 radical (unpaired) electrons. The van der Waals surface area contributed by atoms with Crippen LogP contribution in [0.2, 0.25) is 0 Å². The Balaban J connectivity index is 1.54. The number of carboxylic acids is 1. The standard InChI is InChI=1S/C25H42O3/c1-15(5-10-23(27)28)20-8-9-21-19-7-6-17-14-18(26)13-16(2)25(17,4)22(19)11-12-24(20,21)3/h15-22,26H,5-14H2,1-4H3,(H,27,28)/t15-,16?,17?,18-,19+,20-,21+,22+,24-,25+/m1/s1. The monoisotopic (exact) mass is 390 g/mol. The third-order valence-corrected chi connectivity index (χ3v) is 10.8. The van der Waals surface area contributed by atoms with Crippen LogP contribution in [-0.4, -0.2) is 22.3 Å². The molecule has 2 N–H and O–H groups in total. The number of aliphatic carboxylic acids is 1. The average molecular weight is 391 g/mol. The number of fused-ring (bicyclic) bond motifs is 5. The number of rotatable bonds is 4. The third kappa shape index (κ3) is 3.06. The van der Waals surface area contributed by atoms with E-state index in [4.69, 9.17) is 5.11 Å². The molecule has 4 fully saturated rings. The lowest BCUT2D eigenvalue weighted by molar-refractivity contribution is -0.154. The molecule has 4 aliphatic carbocycles. The lowest BCUT2D eigenvalue weighted by Gasteiger charge is -2.63. The Morgan fingerprint density at radius 3 is 2.54 bits per heavy atom. The first kappa shape index (κ1) is 20.7. The van der Waals surface area contributed by atoms with Crippen molar-refractivity contribution in [3.8, 4) is 0 Å². The van der Waals surface area contributed by atoms with Crippen molar-refractivity contribution in [3.05, 3.63) is 0 Å². The summed E-state index contributed by atoms with van der Waals surface area (Å²) in [6.07, 6.45) is 11.1. The summed E-state index contributed by atoms with van der Waals surface area (Å²) in [4.78, 5) is 11.1. The minimum Gasteiger partial charge on any atom is -0.481 e. The molecule has 0 aliphatic heterocycles. The van der Waals surface area contributed by atoms with Gasteiger partial charge in [-0.2, -0.15) is 0 Å². The average Bonchev–Trinajstić information content (AvgIpc) is 2.98. The molecule has 0 spiro atoms. The molecule has 0 bridgehead atoms. The van der Waals surface area contributed by atoms with E-state index in [1.54, 1.807) is 0 Å². The van der Waals surface area contributed by atoms with Gasteiger partial charge in [-0.1, -0.05) is 27.7 Å². The summed E-state index contributed by atoms with van der Waals surface area (Å²) in [5.74, 6) is 4.45. The van der Waals surface area contributed by atoms with Crippen LogP contribution in [0.25, 0.3) is 0 Å². The van der Waals surface area contributed by atoms with Crippen molar-refractivity contribution in [2.24, 2.45) is 52.3 Å². The normalized spacial score (nSPS) is 51.7. The van der Waals surface area contributed by atoms with Crippen molar-refractivity contribution >= 4 is 5.97 Å². The molecule has 2 unspecified atom stereocenters. The van der Waals surface area contributed by atoms with Gasteiger partial charge in [0, 0.05) is 6.42 Å². The predicted octanol–water partition coefficient (Wildman–Crippen LogP) is 5.75. The van der Waals surface area contributed by atoms with Gasteiger partial charge >= 0.3 is 5.97 Å². The highest BCUT2D eigenvalue weighted by Gasteiger charge is 2.61. The molecule has 4 saturated carbocycles. The Kier molecular flexibility index (Phi) is 5.39. The lowest BCUT2D eigenvalue weighted by Crippen LogP contribution is -2.57. The van der Waals surface area contributed by atoms with Crippen LogP contribution >= 0.6 is 0 Å². The smallest absolute Gasteiger partial charge is 0.303 e. The van der Waals surface area contributed by atoms with E-state index in [1.165, 1.54) is 38.5 Å². The second-order valence-corrected chi connectivity index (χ2v) is 11.7. The molecule has 4 rings (SSSR count). The van der Waals surface area contributed by atoms with Gasteiger partial charge in [0.25, 0.3) is 0 Å². The molecule has 0 heterocycles. The van der Waals surface area contributed by atoms with Crippen molar-refractivity contribution < 1.29 is 15.0 Å². The molecule has 3 nitrogen and oxygen atoms in total. The van der Waals surface area contributed by atoms with Crippen molar-refractivity contribution in [2.45, 2.75) is 98.0 Å². The van der Waals surface area contributed by atoms with Crippen LogP contribution in [0.15, 0.2) is 0 Å². The zero-order valence-corrected chi connectivity index (χ0v) is 18.5. The van der Waals surface area contributed by atoms with Crippen LogP contribution < -0.4 is 0 Å². The Labute approximate surface area is 171 Å². The van der Waals surface area contributed by atoms with Crippen LogP contribution in [0.1, 0.15) is 91.9 Å². The van der Waals surface area contributed by atoms with Crippen LogP contribution in [0, 0.1) is 52.3 Å². The second kappa shape index (κ2) is 7.29. The van der Waals surface area contributed by atoms with E-state index in [9.17, 15) is 9.90 Å². The first-order chi connectivity index (χ1) is 13.2. The Bertz CT molecular complexity index is 603. The summed E-state index contributed by atoms with van der Waals surface area (Å²) >= 11 is 0. The molecular formula is C25H42O3. The lowest BCUT2D eigenvalue weighted by atomic mass is 9.42. The van der Waals surface area contributed by atoms with Gasteiger partial charge in [0.05, 0.1) is 6.10 Å². The first-order valence-corrected chi connectivity index (χ1v) is 12.1. The van der Waals surface area contributed by atoms with E-state index in [-0.39, 0.29) is 6.10 Å². The molecule has 0 aromatic carbocycles. The van der Waals surface area contributed by atoms with Gasteiger partial charge in [0.15, 0.2) is 0 Å². The molecule has 3 heteroatoms. The Morgan fingerprint density at radius 1 is 1.07 bits per heavy atom. The van der Waals surface area contributed by atoms with Gasteiger partial charge in [0.1, 0.15) is 0 Å². The Hall–Kier alpha value is -0.570. The molecule has 28 heavy (non-hydrogen) atoms. The van der Waals surface area contributed by atoms with Crippen LogP contribution in [0.5, 0.6) is 0 Å². The highest BCUT2D eigenvalue weighted by molar-refractivity contribution is 5.66. The zero-order chi connectivity index (χ0) is 20.3. The summed E-state index contributed by atoms with van der Waals surface area (Å²) in [5.41, 5.74) is 0.830. The fourth-order valence-corrected chi connectivity index (χ4v) is 9.22. The van der Waals surface area contributed by atoms with Gasteiger partial charge in [-0.05, 0) is 110 Å². The summed E-state index contributed by atoms with van der Waals surface area (Å²) in [7, 11) is 0. The van der Waals surface area contributed by atoms with E-state index in [0.29, 0.717) is 40.9 Å². The molecule has 0 aromatic rings. The highest BCUT2D eigenvalue weighted by Crippen LogP contribution is 2.69. The van der Waals surface area contributed by atoms with E-state index < -0.39 is 5.97 Å². The molecule has 160 valence electrons. The largest absolute Gasteiger partial charge is 0.481 e. The minimum absolute atomic E-state index is 0.0792.